The van der Waals surface area contributed by atoms with Crippen molar-refractivity contribution in [3.63, 3.8) is 0 Å². The SMILES string of the molecule is COc1ccc(NC(=O)COc2ccc(CNc3ccc(F)cc3)cc2Br)cc1. The van der Waals surface area contributed by atoms with Gasteiger partial charge in [0.15, 0.2) is 6.61 Å². The van der Waals surface area contributed by atoms with Crippen LogP contribution in [0.4, 0.5) is 15.8 Å². The number of carbonyl (C=O) groups excluding carboxylic acids is 1. The van der Waals surface area contributed by atoms with Crippen LogP contribution in [0.2, 0.25) is 0 Å². The standard InChI is InChI=1S/C22H20BrFN2O3/c1-28-19-9-7-18(8-10-19)26-22(27)14-29-21-11-2-15(12-20(21)23)13-25-17-5-3-16(24)4-6-17/h2-12,25H,13-14H2,1H3,(H,26,27). The van der Waals surface area contributed by atoms with E-state index in [0.29, 0.717) is 18.0 Å². The van der Waals surface area contributed by atoms with Gasteiger partial charge in [0.1, 0.15) is 17.3 Å². The molecule has 5 nitrogen and oxygen atoms in total. The lowest BCUT2D eigenvalue weighted by Gasteiger charge is -2.11. The van der Waals surface area contributed by atoms with E-state index in [-0.39, 0.29) is 18.3 Å². The Balaban J connectivity index is 1.50. The molecule has 0 atom stereocenters. The number of ether oxygens (including phenoxy) is 2. The molecular formula is C22H20BrFN2O3. The molecule has 0 radical (unpaired) electrons. The van der Waals surface area contributed by atoms with Gasteiger partial charge < -0.3 is 20.1 Å². The highest BCUT2D eigenvalue weighted by molar-refractivity contribution is 9.10. The van der Waals surface area contributed by atoms with Crippen LogP contribution in [-0.2, 0) is 11.3 Å². The molecular weight excluding hydrogens is 439 g/mol. The van der Waals surface area contributed by atoms with Crippen molar-refractivity contribution in [1.29, 1.82) is 0 Å². The van der Waals surface area contributed by atoms with Gasteiger partial charge in [0.2, 0.25) is 0 Å². The molecule has 0 saturated heterocycles. The van der Waals surface area contributed by atoms with Gasteiger partial charge in [-0.15, -0.1) is 0 Å². The van der Waals surface area contributed by atoms with E-state index in [1.54, 1.807) is 49.6 Å². The summed E-state index contributed by atoms with van der Waals surface area (Å²) in [4.78, 5) is 12.1. The van der Waals surface area contributed by atoms with Crippen LogP contribution in [-0.4, -0.2) is 19.6 Å². The van der Waals surface area contributed by atoms with Gasteiger partial charge in [0, 0.05) is 17.9 Å². The van der Waals surface area contributed by atoms with Crippen molar-refractivity contribution >= 4 is 33.2 Å². The van der Waals surface area contributed by atoms with Gasteiger partial charge in [-0.2, -0.15) is 0 Å². The minimum atomic E-state index is -0.268. The predicted octanol–water partition coefficient (Wildman–Crippen LogP) is 5.23. The summed E-state index contributed by atoms with van der Waals surface area (Å²) in [5.41, 5.74) is 2.51. The second-order valence-corrected chi connectivity index (χ2v) is 7.04. The van der Waals surface area contributed by atoms with Gasteiger partial charge in [0.25, 0.3) is 5.91 Å². The molecule has 0 unspecified atom stereocenters. The van der Waals surface area contributed by atoms with E-state index in [4.69, 9.17) is 9.47 Å². The molecule has 0 aliphatic carbocycles. The first-order valence-corrected chi connectivity index (χ1v) is 9.67. The van der Waals surface area contributed by atoms with Gasteiger partial charge in [-0.25, -0.2) is 4.39 Å². The van der Waals surface area contributed by atoms with E-state index in [1.807, 2.05) is 12.1 Å². The van der Waals surface area contributed by atoms with Crippen LogP contribution in [0.5, 0.6) is 11.5 Å². The first kappa shape index (κ1) is 20.7. The Labute approximate surface area is 177 Å². The molecule has 0 aliphatic heterocycles. The zero-order valence-electron chi connectivity index (χ0n) is 15.7. The van der Waals surface area contributed by atoms with Gasteiger partial charge in [-0.05, 0) is 82.2 Å². The summed E-state index contributed by atoms with van der Waals surface area (Å²) in [6.07, 6.45) is 0. The zero-order chi connectivity index (χ0) is 20.6. The monoisotopic (exact) mass is 458 g/mol. The number of nitrogens with one attached hydrogen (secondary N) is 2. The lowest BCUT2D eigenvalue weighted by molar-refractivity contribution is -0.118. The van der Waals surface area contributed by atoms with Crippen molar-refractivity contribution in [2.45, 2.75) is 6.54 Å². The topological polar surface area (TPSA) is 59.6 Å². The molecule has 0 fully saturated rings. The predicted molar refractivity (Wildman–Crippen MR) is 115 cm³/mol. The number of hydrogen-bond acceptors (Lipinski definition) is 4. The molecule has 29 heavy (non-hydrogen) atoms. The Hall–Kier alpha value is -3.06. The van der Waals surface area contributed by atoms with E-state index in [9.17, 15) is 9.18 Å². The lowest BCUT2D eigenvalue weighted by Crippen LogP contribution is -2.20. The fourth-order valence-corrected chi connectivity index (χ4v) is 3.10. The van der Waals surface area contributed by atoms with Crippen LogP contribution in [0.15, 0.2) is 71.2 Å². The van der Waals surface area contributed by atoms with Crippen LogP contribution in [0.1, 0.15) is 5.56 Å². The quantitative estimate of drug-likeness (QED) is 0.485. The van der Waals surface area contributed by atoms with Gasteiger partial charge in [0.05, 0.1) is 11.6 Å². The molecule has 0 bridgehead atoms. The highest BCUT2D eigenvalue weighted by Gasteiger charge is 2.08. The first-order chi connectivity index (χ1) is 14.0. The third kappa shape index (κ3) is 6.22. The lowest BCUT2D eigenvalue weighted by atomic mass is 10.2. The maximum atomic E-state index is 12.9. The smallest absolute Gasteiger partial charge is 0.262 e. The van der Waals surface area contributed by atoms with Crippen LogP contribution in [0.3, 0.4) is 0 Å². The first-order valence-electron chi connectivity index (χ1n) is 8.88. The summed E-state index contributed by atoms with van der Waals surface area (Å²) in [5, 5.41) is 5.98. The normalized spacial score (nSPS) is 10.3. The average molecular weight is 459 g/mol. The number of hydrogen-bond donors (Lipinski definition) is 2. The number of carbonyl (C=O) groups is 1. The van der Waals surface area contributed by atoms with Gasteiger partial charge in [-0.1, -0.05) is 6.07 Å². The van der Waals surface area contributed by atoms with Crippen LogP contribution in [0.25, 0.3) is 0 Å². The van der Waals surface area contributed by atoms with E-state index < -0.39 is 0 Å². The van der Waals surface area contributed by atoms with Crippen molar-refractivity contribution in [2.75, 3.05) is 24.4 Å². The summed E-state index contributed by atoms with van der Waals surface area (Å²) in [6, 6.07) is 18.9. The minimum absolute atomic E-state index is 0.113. The van der Waals surface area contributed by atoms with E-state index >= 15 is 0 Å². The number of methoxy groups -OCH3 is 1. The number of amides is 1. The van der Waals surface area contributed by atoms with Crippen molar-refractivity contribution < 1.29 is 18.7 Å². The van der Waals surface area contributed by atoms with Crippen molar-refractivity contribution in [1.82, 2.24) is 0 Å². The number of rotatable bonds is 8. The molecule has 0 spiro atoms. The summed E-state index contributed by atoms with van der Waals surface area (Å²) >= 11 is 3.47. The molecule has 0 saturated carbocycles. The third-order valence-electron chi connectivity index (χ3n) is 4.07. The number of benzene rings is 3. The second-order valence-electron chi connectivity index (χ2n) is 6.19. The Bertz CT molecular complexity index is 963. The largest absolute Gasteiger partial charge is 0.497 e. The van der Waals surface area contributed by atoms with Crippen molar-refractivity contribution in [3.05, 3.63) is 82.6 Å². The van der Waals surface area contributed by atoms with Crippen LogP contribution in [0, 0.1) is 5.82 Å². The van der Waals surface area contributed by atoms with Crippen LogP contribution < -0.4 is 20.1 Å². The third-order valence-corrected chi connectivity index (χ3v) is 4.69. The Kier molecular flexibility index (Phi) is 7.08. The van der Waals surface area contributed by atoms with Crippen molar-refractivity contribution in [2.24, 2.45) is 0 Å². The van der Waals surface area contributed by atoms with Crippen LogP contribution >= 0.6 is 15.9 Å². The molecule has 0 aliphatic rings. The number of halogens is 2. The minimum Gasteiger partial charge on any atom is -0.497 e. The maximum Gasteiger partial charge on any atom is 0.262 e. The van der Waals surface area contributed by atoms with E-state index in [2.05, 4.69) is 26.6 Å². The fourth-order valence-electron chi connectivity index (χ4n) is 2.56. The van der Waals surface area contributed by atoms with Gasteiger partial charge >= 0.3 is 0 Å². The molecule has 0 heterocycles. The summed E-state index contributed by atoms with van der Waals surface area (Å²) in [7, 11) is 1.59. The summed E-state index contributed by atoms with van der Waals surface area (Å²) < 4.78 is 24.4. The Morgan fingerprint density at radius 1 is 1.00 bits per heavy atom. The summed E-state index contributed by atoms with van der Waals surface area (Å²) in [5.74, 6) is 0.762. The van der Waals surface area contributed by atoms with Crippen molar-refractivity contribution in [3.8, 4) is 11.5 Å². The van der Waals surface area contributed by atoms with Gasteiger partial charge in [-0.3, -0.25) is 4.79 Å². The zero-order valence-corrected chi connectivity index (χ0v) is 17.3. The van der Waals surface area contributed by atoms with E-state index in [0.717, 1.165) is 21.5 Å². The Morgan fingerprint density at radius 2 is 1.69 bits per heavy atom. The molecule has 3 aromatic carbocycles. The molecule has 1 amide bonds. The summed E-state index contributed by atoms with van der Waals surface area (Å²) in [6.45, 7) is 0.459. The molecule has 150 valence electrons. The molecule has 7 heteroatoms. The molecule has 0 aromatic heterocycles. The highest BCUT2D eigenvalue weighted by atomic mass is 79.9. The maximum absolute atomic E-state index is 12.9. The Morgan fingerprint density at radius 3 is 2.34 bits per heavy atom. The average Bonchev–Trinajstić information content (AvgIpc) is 2.73. The fraction of sp³-hybridized carbons (Fsp3) is 0.136. The molecule has 3 aromatic rings. The molecule has 2 N–H and O–H groups in total. The highest BCUT2D eigenvalue weighted by Crippen LogP contribution is 2.26. The number of anilines is 2. The molecule has 3 rings (SSSR count). The van der Waals surface area contributed by atoms with E-state index in [1.165, 1.54) is 12.1 Å². The second kappa shape index (κ2) is 9.93.